The maximum Gasteiger partial charge on any atom is 0 e. The van der Waals surface area contributed by atoms with Gasteiger partial charge in [0, 0.05) is 135 Å². The van der Waals surface area contributed by atoms with Gasteiger partial charge in [0.15, 0.2) is 0 Å². The second kappa shape index (κ2) is 34.4. The summed E-state index contributed by atoms with van der Waals surface area (Å²) in [5.41, 5.74) is 0. The molecular weight excluding hydrogens is 233 g/mol. The van der Waals surface area contributed by atoms with E-state index in [-0.39, 0.29) is 135 Å². The number of rotatable bonds is 0. The molecule has 0 aliphatic rings. The quantitative estimate of drug-likeness (QED) is 0.463. The van der Waals surface area contributed by atoms with Crippen molar-refractivity contribution < 1.29 is 55.3 Å². The first-order chi connectivity index (χ1) is 0. The normalized spacial score (nSPS) is 0. The van der Waals surface area contributed by atoms with E-state index in [9.17, 15) is 0 Å². The summed E-state index contributed by atoms with van der Waals surface area (Å²) < 4.78 is 0. The summed E-state index contributed by atoms with van der Waals surface area (Å²) in [6.45, 7) is 0. The third-order valence-electron chi connectivity index (χ3n) is 0. The van der Waals surface area contributed by atoms with Gasteiger partial charge in [-0.3, -0.25) is 0 Å². The summed E-state index contributed by atoms with van der Waals surface area (Å²) in [4.78, 5) is 0. The Kier molecular flexibility index (Phi) is 275. The standard InChI is InChI=1S/Ca.Li.Mg.Mn.Ni.Ti. The summed E-state index contributed by atoms with van der Waals surface area (Å²) in [5, 5.41) is 0. The van der Waals surface area contributed by atoms with Crippen molar-refractivity contribution in [1.29, 1.82) is 0 Å². The van der Waals surface area contributed by atoms with Crippen LogP contribution in [0.25, 0.3) is 0 Å². The molecule has 0 spiro atoms. The predicted molar refractivity (Wildman–Crippen MR) is 17.3 cm³/mol. The van der Waals surface area contributed by atoms with Crippen molar-refractivity contribution in [2.24, 2.45) is 0 Å². The van der Waals surface area contributed by atoms with Crippen molar-refractivity contribution in [3.63, 3.8) is 0 Å². The fourth-order valence-corrected chi connectivity index (χ4v) is 0. The van der Waals surface area contributed by atoms with Crippen LogP contribution in [0.3, 0.4) is 0 Å². The molecule has 0 bridgehead atoms. The molecule has 0 saturated carbocycles. The molecule has 0 amide bonds. The molecule has 0 aromatic carbocycles. The first kappa shape index (κ1) is 47.8. The minimum Gasteiger partial charge on any atom is 0 e. The monoisotopic (exact) mass is 232 g/mol. The van der Waals surface area contributed by atoms with Crippen LogP contribution in [0.4, 0.5) is 0 Å². The van der Waals surface area contributed by atoms with E-state index in [1.54, 1.807) is 0 Å². The molecule has 6 heteroatoms. The second-order valence-corrected chi connectivity index (χ2v) is 0. The zero-order valence-corrected chi connectivity index (χ0v) is 11.0. The Morgan fingerprint density at radius 3 is 1.00 bits per heavy atom. The maximum atomic E-state index is 0. The Bertz CT molecular complexity index is 15.5. The van der Waals surface area contributed by atoms with Gasteiger partial charge in [-0.05, 0) is 0 Å². The van der Waals surface area contributed by atoms with Crippen molar-refractivity contribution in [1.82, 2.24) is 0 Å². The van der Waals surface area contributed by atoms with Crippen LogP contribution in [0.2, 0.25) is 0 Å². The summed E-state index contributed by atoms with van der Waals surface area (Å²) in [7, 11) is 0. The third kappa shape index (κ3) is 23.8. The molecule has 0 saturated heterocycles. The number of hydrogen-bond acceptors (Lipinski definition) is 0. The average molecular weight is 233 g/mol. The molecular formula is CaLiMgMnNiTi. The van der Waals surface area contributed by atoms with Gasteiger partial charge in [0.1, 0.15) is 0 Å². The Morgan fingerprint density at radius 1 is 1.00 bits per heavy atom. The average Bonchev–Trinajstić information content (AvgIpc) is 0. The van der Waals surface area contributed by atoms with E-state index in [1.165, 1.54) is 0 Å². The Labute approximate surface area is 132 Å². The molecule has 0 fully saturated rings. The molecule has 0 nitrogen and oxygen atoms in total. The smallest absolute Gasteiger partial charge is 0 e. The Morgan fingerprint density at radius 2 is 1.00 bits per heavy atom. The predicted octanol–water partition coefficient (Wildman–Crippen LogP) is -1.15. The van der Waals surface area contributed by atoms with E-state index in [0.717, 1.165) is 0 Å². The molecule has 6 heavy (non-hydrogen) atoms. The van der Waals surface area contributed by atoms with E-state index < -0.39 is 0 Å². The van der Waals surface area contributed by atoms with Gasteiger partial charge in [0.25, 0.3) is 0 Å². The van der Waals surface area contributed by atoms with Crippen molar-refractivity contribution >= 4 is 79.7 Å². The number of hydrogen-bond donors (Lipinski definition) is 0. The van der Waals surface area contributed by atoms with Crippen LogP contribution >= 0.6 is 0 Å². The first-order valence-corrected chi connectivity index (χ1v) is 0. The molecule has 6 radical (unpaired) electrons. The van der Waals surface area contributed by atoms with E-state index in [0.29, 0.717) is 0 Å². The van der Waals surface area contributed by atoms with E-state index in [1.807, 2.05) is 0 Å². The van der Waals surface area contributed by atoms with Crippen LogP contribution in [0.5, 0.6) is 0 Å². The van der Waals surface area contributed by atoms with Gasteiger partial charge in [-0.25, -0.2) is 0 Å². The fourth-order valence-electron chi connectivity index (χ4n) is 0. The van der Waals surface area contributed by atoms with Crippen LogP contribution in [-0.2, 0) is 55.3 Å². The van der Waals surface area contributed by atoms with Crippen molar-refractivity contribution in [2.75, 3.05) is 0 Å². The Hall–Kier alpha value is 4.35. The van der Waals surface area contributed by atoms with Gasteiger partial charge in [0.2, 0.25) is 0 Å². The minimum atomic E-state index is 0. The van der Waals surface area contributed by atoms with Gasteiger partial charge in [0.05, 0.1) is 0 Å². The van der Waals surface area contributed by atoms with Crippen LogP contribution < -0.4 is 0 Å². The molecule has 26 valence electrons. The molecule has 0 unspecified atom stereocenters. The van der Waals surface area contributed by atoms with Gasteiger partial charge in [-0.2, -0.15) is 0 Å². The SMILES string of the molecule is [Ca].[Li].[Mg].[Mn].[Ni].[Ti]. The second-order valence-electron chi connectivity index (χ2n) is 0. The molecule has 0 N–H and O–H groups in total. The molecule has 0 atom stereocenters. The van der Waals surface area contributed by atoms with Crippen LogP contribution in [-0.4, -0.2) is 79.7 Å². The molecule has 0 aromatic heterocycles. The Balaban J connectivity index is 0. The van der Waals surface area contributed by atoms with Gasteiger partial charge in [-0.15, -0.1) is 0 Å². The van der Waals surface area contributed by atoms with Crippen molar-refractivity contribution in [3.05, 3.63) is 0 Å². The van der Waals surface area contributed by atoms with E-state index in [4.69, 9.17) is 0 Å². The van der Waals surface area contributed by atoms with Crippen molar-refractivity contribution in [2.45, 2.75) is 0 Å². The minimum absolute atomic E-state index is 0. The summed E-state index contributed by atoms with van der Waals surface area (Å²) in [6, 6.07) is 0. The molecule has 0 rings (SSSR count). The van der Waals surface area contributed by atoms with E-state index in [2.05, 4.69) is 0 Å². The first-order valence-electron chi connectivity index (χ1n) is 0. The molecule has 0 aromatic rings. The van der Waals surface area contributed by atoms with Crippen LogP contribution in [0.1, 0.15) is 0 Å². The van der Waals surface area contributed by atoms with Crippen LogP contribution in [0.15, 0.2) is 0 Å². The molecule has 0 heterocycles. The fraction of sp³-hybridized carbons (Fsp3) is 0. The third-order valence-corrected chi connectivity index (χ3v) is 0. The molecule has 0 aliphatic carbocycles. The van der Waals surface area contributed by atoms with Crippen molar-refractivity contribution in [3.8, 4) is 0 Å². The van der Waals surface area contributed by atoms with Gasteiger partial charge in [-0.1, -0.05) is 0 Å². The molecule has 0 aliphatic heterocycles. The topological polar surface area (TPSA) is 0 Å². The van der Waals surface area contributed by atoms with Gasteiger partial charge >= 0.3 is 0 Å². The van der Waals surface area contributed by atoms with E-state index >= 15 is 0 Å². The zero-order chi connectivity index (χ0) is 0. The summed E-state index contributed by atoms with van der Waals surface area (Å²) >= 11 is 0. The largest absolute Gasteiger partial charge is 0 e. The maximum absolute atomic E-state index is 0. The zero-order valence-electron chi connectivity index (χ0n) is 3.61. The summed E-state index contributed by atoms with van der Waals surface area (Å²) in [6.07, 6.45) is 0. The summed E-state index contributed by atoms with van der Waals surface area (Å²) in [5.74, 6) is 0. The van der Waals surface area contributed by atoms with Gasteiger partial charge < -0.3 is 0 Å². The van der Waals surface area contributed by atoms with Crippen LogP contribution in [0, 0.1) is 0 Å².